The minimum atomic E-state index is -0.0767. The highest BCUT2D eigenvalue weighted by Gasteiger charge is 2.19. The van der Waals surface area contributed by atoms with E-state index in [0.717, 1.165) is 17.1 Å². The zero-order chi connectivity index (χ0) is 22.1. The summed E-state index contributed by atoms with van der Waals surface area (Å²) in [5.41, 5.74) is 3.18. The van der Waals surface area contributed by atoms with Crippen LogP contribution in [0.1, 0.15) is 47.4 Å². The molecule has 0 amide bonds. The van der Waals surface area contributed by atoms with Gasteiger partial charge in [0.2, 0.25) is 0 Å². The van der Waals surface area contributed by atoms with E-state index in [-0.39, 0.29) is 23.1 Å². The quantitative estimate of drug-likeness (QED) is 0.232. The molecule has 6 nitrogen and oxygen atoms in total. The number of furan rings is 1. The van der Waals surface area contributed by atoms with Gasteiger partial charge in [-0.3, -0.25) is 14.2 Å². The highest BCUT2D eigenvalue weighted by atomic mass is 32.2. The molecule has 0 bridgehead atoms. The third kappa shape index (κ3) is 4.10. The van der Waals surface area contributed by atoms with Crippen molar-refractivity contribution in [3.8, 4) is 0 Å². The Hall–Kier alpha value is -3.06. The van der Waals surface area contributed by atoms with E-state index >= 15 is 0 Å². The Morgan fingerprint density at radius 3 is 2.65 bits per heavy atom. The van der Waals surface area contributed by atoms with Crippen LogP contribution in [0.4, 0.5) is 0 Å². The van der Waals surface area contributed by atoms with Gasteiger partial charge in [0.15, 0.2) is 10.9 Å². The van der Waals surface area contributed by atoms with Crippen molar-refractivity contribution in [3.63, 3.8) is 0 Å². The number of benzene rings is 1. The monoisotopic (exact) mass is 435 g/mol. The van der Waals surface area contributed by atoms with Crippen LogP contribution in [0.5, 0.6) is 0 Å². The van der Waals surface area contributed by atoms with Crippen molar-refractivity contribution >= 4 is 28.4 Å². The van der Waals surface area contributed by atoms with Gasteiger partial charge >= 0.3 is 0 Å². The molecule has 0 N–H and O–H groups in total. The molecule has 0 aliphatic rings. The van der Waals surface area contributed by atoms with E-state index < -0.39 is 0 Å². The number of aryl methyl sites for hydroxylation is 1. The summed E-state index contributed by atoms with van der Waals surface area (Å²) in [7, 11) is 0. The van der Waals surface area contributed by atoms with Crippen LogP contribution in [0.25, 0.3) is 10.9 Å². The molecule has 3 aromatic heterocycles. The van der Waals surface area contributed by atoms with E-state index in [1.807, 2.05) is 64.1 Å². The Kier molecular flexibility index (Phi) is 5.87. The molecule has 0 spiro atoms. The normalized spacial score (nSPS) is 11.5. The molecule has 0 aliphatic carbocycles. The third-order valence-electron chi connectivity index (χ3n) is 5.39. The van der Waals surface area contributed by atoms with Gasteiger partial charge in [0, 0.05) is 23.0 Å². The Labute approximate surface area is 184 Å². The molecule has 0 unspecified atom stereocenters. The summed E-state index contributed by atoms with van der Waals surface area (Å²) in [4.78, 5) is 30.7. The SMILES string of the molecule is Cc1cc(C(=O)CSc2nc3ccccc3c(=O)n2C(C)C)c(C)n1Cc1ccco1. The molecule has 4 aromatic rings. The van der Waals surface area contributed by atoms with Crippen molar-refractivity contribution in [2.75, 3.05) is 5.75 Å². The Morgan fingerprint density at radius 2 is 1.94 bits per heavy atom. The van der Waals surface area contributed by atoms with Crippen LogP contribution in [-0.2, 0) is 6.54 Å². The van der Waals surface area contributed by atoms with E-state index in [4.69, 9.17) is 4.42 Å². The molecule has 0 saturated heterocycles. The Morgan fingerprint density at radius 1 is 1.16 bits per heavy atom. The van der Waals surface area contributed by atoms with Gasteiger partial charge in [0.1, 0.15) is 5.76 Å². The molecule has 0 radical (unpaired) electrons. The van der Waals surface area contributed by atoms with Crippen LogP contribution in [0.2, 0.25) is 0 Å². The summed E-state index contributed by atoms with van der Waals surface area (Å²) in [5, 5.41) is 1.16. The second kappa shape index (κ2) is 8.59. The van der Waals surface area contributed by atoms with Crippen LogP contribution in [-0.4, -0.2) is 25.7 Å². The maximum atomic E-state index is 13.1. The predicted molar refractivity (Wildman–Crippen MR) is 123 cm³/mol. The number of hydrogen-bond donors (Lipinski definition) is 0. The van der Waals surface area contributed by atoms with Crippen molar-refractivity contribution in [2.24, 2.45) is 0 Å². The van der Waals surface area contributed by atoms with Crippen LogP contribution in [0, 0.1) is 13.8 Å². The molecule has 0 saturated carbocycles. The number of thioether (sulfide) groups is 1. The van der Waals surface area contributed by atoms with Gasteiger partial charge in [-0.1, -0.05) is 23.9 Å². The number of nitrogens with zero attached hydrogens (tertiary/aromatic N) is 3. The lowest BCUT2D eigenvalue weighted by Crippen LogP contribution is -2.25. The molecular formula is C24H25N3O3S. The van der Waals surface area contributed by atoms with Crippen LogP contribution >= 0.6 is 11.8 Å². The molecular weight excluding hydrogens is 410 g/mol. The largest absolute Gasteiger partial charge is 0.467 e. The summed E-state index contributed by atoms with van der Waals surface area (Å²) in [6.45, 7) is 8.43. The van der Waals surface area contributed by atoms with Gasteiger partial charge in [-0.2, -0.15) is 0 Å². The number of Topliss-reactive ketones (excluding diaryl/α,β-unsaturated/α-hetero) is 1. The molecule has 1 aromatic carbocycles. The second-order valence-electron chi connectivity index (χ2n) is 7.84. The first-order valence-electron chi connectivity index (χ1n) is 10.2. The molecule has 7 heteroatoms. The number of carbonyl (C=O) groups is 1. The van der Waals surface area contributed by atoms with Gasteiger partial charge in [-0.25, -0.2) is 4.98 Å². The van der Waals surface area contributed by atoms with Crippen molar-refractivity contribution in [1.29, 1.82) is 0 Å². The van der Waals surface area contributed by atoms with Crippen LogP contribution in [0.3, 0.4) is 0 Å². The zero-order valence-electron chi connectivity index (χ0n) is 18.1. The summed E-state index contributed by atoms with van der Waals surface area (Å²) in [6.07, 6.45) is 1.65. The maximum Gasteiger partial charge on any atom is 0.262 e. The minimum absolute atomic E-state index is 0.0153. The van der Waals surface area contributed by atoms with Crippen LogP contribution < -0.4 is 5.56 Å². The summed E-state index contributed by atoms with van der Waals surface area (Å²) >= 11 is 1.31. The van der Waals surface area contributed by atoms with E-state index in [0.29, 0.717) is 28.2 Å². The van der Waals surface area contributed by atoms with Gasteiger partial charge in [0.25, 0.3) is 5.56 Å². The third-order valence-corrected chi connectivity index (χ3v) is 6.35. The average Bonchev–Trinajstić information content (AvgIpc) is 3.35. The lowest BCUT2D eigenvalue weighted by Gasteiger charge is -2.16. The van der Waals surface area contributed by atoms with Gasteiger partial charge < -0.3 is 8.98 Å². The van der Waals surface area contributed by atoms with Crippen LogP contribution in [0.15, 0.2) is 63.1 Å². The zero-order valence-corrected chi connectivity index (χ0v) is 18.9. The molecule has 31 heavy (non-hydrogen) atoms. The van der Waals surface area contributed by atoms with E-state index in [1.54, 1.807) is 16.9 Å². The minimum Gasteiger partial charge on any atom is -0.467 e. The van der Waals surface area contributed by atoms with Crippen molar-refractivity contribution in [3.05, 3.63) is 81.8 Å². The van der Waals surface area contributed by atoms with Gasteiger partial charge in [-0.15, -0.1) is 0 Å². The first-order valence-corrected chi connectivity index (χ1v) is 11.2. The Balaban J connectivity index is 1.60. The topological polar surface area (TPSA) is 70.0 Å². The number of para-hydroxylation sites is 1. The molecule has 0 aliphatic heterocycles. The highest BCUT2D eigenvalue weighted by molar-refractivity contribution is 7.99. The summed E-state index contributed by atoms with van der Waals surface area (Å²) < 4.78 is 9.20. The lowest BCUT2D eigenvalue weighted by molar-refractivity contribution is 0.102. The molecule has 160 valence electrons. The number of aromatic nitrogens is 3. The molecule has 0 atom stereocenters. The van der Waals surface area contributed by atoms with Gasteiger partial charge in [-0.05, 0) is 58.0 Å². The lowest BCUT2D eigenvalue weighted by atomic mass is 10.2. The van der Waals surface area contributed by atoms with E-state index in [2.05, 4.69) is 9.55 Å². The molecule has 4 rings (SSSR count). The smallest absolute Gasteiger partial charge is 0.262 e. The number of ketones is 1. The fourth-order valence-corrected chi connectivity index (χ4v) is 4.79. The fraction of sp³-hybridized carbons (Fsp3) is 0.292. The number of fused-ring (bicyclic) bond motifs is 1. The van der Waals surface area contributed by atoms with Crippen molar-refractivity contribution in [1.82, 2.24) is 14.1 Å². The average molecular weight is 436 g/mol. The predicted octanol–water partition coefficient (Wildman–Crippen LogP) is 5.01. The van der Waals surface area contributed by atoms with Crippen molar-refractivity contribution < 1.29 is 9.21 Å². The fourth-order valence-electron chi connectivity index (χ4n) is 3.78. The first-order chi connectivity index (χ1) is 14.9. The summed E-state index contributed by atoms with van der Waals surface area (Å²) in [5.74, 6) is 1.07. The highest BCUT2D eigenvalue weighted by Crippen LogP contribution is 2.24. The van der Waals surface area contributed by atoms with Crippen molar-refractivity contribution in [2.45, 2.75) is 45.4 Å². The second-order valence-corrected chi connectivity index (χ2v) is 8.79. The summed E-state index contributed by atoms with van der Waals surface area (Å²) in [6, 6.07) is 13.0. The number of hydrogen-bond acceptors (Lipinski definition) is 5. The first kappa shape index (κ1) is 21.2. The maximum absolute atomic E-state index is 13.1. The Bertz CT molecular complexity index is 1300. The van der Waals surface area contributed by atoms with Gasteiger partial charge in [0.05, 0.1) is 29.5 Å². The molecule has 3 heterocycles. The number of rotatable bonds is 7. The van der Waals surface area contributed by atoms with E-state index in [1.165, 1.54) is 11.8 Å². The molecule has 0 fully saturated rings. The van der Waals surface area contributed by atoms with E-state index in [9.17, 15) is 9.59 Å². The number of carbonyl (C=O) groups excluding carboxylic acids is 1. The standard InChI is InChI=1S/C24H25N3O3S/c1-15(2)27-23(29)19-9-5-6-10-21(19)25-24(27)31-14-22(28)20-12-16(3)26(17(20)4)13-18-8-7-11-30-18/h5-12,15H,13-14H2,1-4H3.